The normalized spacial score (nSPS) is 23.9. The summed E-state index contributed by atoms with van der Waals surface area (Å²) in [6.45, 7) is 5.57. The van der Waals surface area contributed by atoms with Crippen LogP contribution >= 0.6 is 0 Å². The van der Waals surface area contributed by atoms with Gasteiger partial charge >= 0.3 is 0 Å². The number of carbonyl (C=O) groups excluding carboxylic acids is 1. The number of nitrogens with zero attached hydrogens (tertiary/aromatic N) is 1. The van der Waals surface area contributed by atoms with Crippen molar-refractivity contribution in [2.24, 2.45) is 5.92 Å². The maximum Gasteiger partial charge on any atom is 0.224 e. The van der Waals surface area contributed by atoms with Gasteiger partial charge in [0.2, 0.25) is 5.91 Å². The molecule has 0 unspecified atom stereocenters. The molecule has 1 saturated heterocycles. The molecule has 2 fully saturated rings. The molecule has 1 amide bonds. The van der Waals surface area contributed by atoms with E-state index in [0.29, 0.717) is 18.4 Å². The van der Waals surface area contributed by atoms with E-state index < -0.39 is 0 Å². The number of benzene rings is 1. The number of carbonyl (C=O) groups is 1. The summed E-state index contributed by atoms with van der Waals surface area (Å²) >= 11 is 0. The van der Waals surface area contributed by atoms with E-state index in [9.17, 15) is 4.79 Å². The molecule has 1 aromatic carbocycles. The highest BCUT2D eigenvalue weighted by molar-refractivity contribution is 5.81. The zero-order valence-corrected chi connectivity index (χ0v) is 18.3. The Morgan fingerprint density at radius 2 is 1.90 bits per heavy atom. The van der Waals surface area contributed by atoms with Crippen molar-refractivity contribution in [1.29, 1.82) is 0 Å². The van der Waals surface area contributed by atoms with Crippen LogP contribution in [0.3, 0.4) is 0 Å². The molecule has 1 saturated carbocycles. The minimum atomic E-state index is 0.171. The summed E-state index contributed by atoms with van der Waals surface area (Å²) in [5, 5.41) is 4.50. The number of likely N-dealkylation sites (tertiary alicyclic amines) is 1. The number of fused-ring (bicyclic) bond motifs is 1. The molecule has 1 aromatic heterocycles. The molecule has 1 aliphatic heterocycles. The average molecular weight is 409 g/mol. The molecule has 30 heavy (non-hydrogen) atoms. The van der Waals surface area contributed by atoms with Gasteiger partial charge in [0.05, 0.1) is 6.26 Å². The van der Waals surface area contributed by atoms with E-state index >= 15 is 0 Å². The molecule has 0 bridgehead atoms. The summed E-state index contributed by atoms with van der Waals surface area (Å²) in [6.07, 6.45) is 14.9. The number of nitrogens with one attached hydrogen (secondary N) is 1. The summed E-state index contributed by atoms with van der Waals surface area (Å²) in [5.74, 6) is 1.63. The monoisotopic (exact) mass is 408 g/mol. The second-order valence-corrected chi connectivity index (χ2v) is 9.15. The second-order valence-electron chi connectivity index (χ2n) is 9.15. The molecule has 4 heteroatoms. The first kappa shape index (κ1) is 21.2. The molecule has 4 rings (SSSR count). The number of piperidine rings is 1. The number of amides is 1. The van der Waals surface area contributed by atoms with Crippen LogP contribution in [-0.4, -0.2) is 36.5 Å². The van der Waals surface area contributed by atoms with Crippen molar-refractivity contribution in [3.05, 3.63) is 48.2 Å². The average Bonchev–Trinajstić information content (AvgIpc) is 3.22. The van der Waals surface area contributed by atoms with Gasteiger partial charge in [-0.2, -0.15) is 0 Å². The van der Waals surface area contributed by atoms with E-state index in [2.05, 4.69) is 28.4 Å². The lowest BCUT2D eigenvalue weighted by molar-refractivity contribution is -0.121. The van der Waals surface area contributed by atoms with E-state index in [1.54, 1.807) is 0 Å². The van der Waals surface area contributed by atoms with E-state index in [1.807, 2.05) is 31.4 Å². The quantitative estimate of drug-likeness (QED) is 0.603. The minimum absolute atomic E-state index is 0.171. The van der Waals surface area contributed by atoms with Gasteiger partial charge in [-0.3, -0.25) is 4.79 Å². The third-order valence-corrected chi connectivity index (χ3v) is 7.14. The Labute approximate surface area is 180 Å². The number of allylic oxidation sites excluding steroid dienone is 1. The van der Waals surface area contributed by atoms with Crippen LogP contribution < -0.4 is 5.32 Å². The lowest BCUT2D eigenvalue weighted by atomic mass is 9.83. The van der Waals surface area contributed by atoms with Crippen molar-refractivity contribution in [2.75, 3.05) is 19.6 Å². The molecule has 162 valence electrons. The highest BCUT2D eigenvalue weighted by atomic mass is 16.3. The van der Waals surface area contributed by atoms with Gasteiger partial charge < -0.3 is 14.6 Å². The zero-order valence-electron chi connectivity index (χ0n) is 18.3. The van der Waals surface area contributed by atoms with E-state index in [4.69, 9.17) is 4.42 Å². The van der Waals surface area contributed by atoms with Crippen molar-refractivity contribution >= 4 is 16.9 Å². The summed E-state index contributed by atoms with van der Waals surface area (Å²) in [7, 11) is 0. The van der Waals surface area contributed by atoms with E-state index in [-0.39, 0.29) is 5.91 Å². The number of rotatable bonds is 7. The fraction of sp³-hybridized carbons (Fsp3) is 0.577. The Bertz CT molecular complexity index is 840. The smallest absolute Gasteiger partial charge is 0.224 e. The third-order valence-electron chi connectivity index (χ3n) is 7.14. The maximum atomic E-state index is 11.9. The molecule has 2 heterocycles. The largest absolute Gasteiger partial charge is 0.464 e. The van der Waals surface area contributed by atoms with Crippen LogP contribution in [0.4, 0.5) is 0 Å². The number of hydrogen-bond acceptors (Lipinski definition) is 3. The van der Waals surface area contributed by atoms with Crippen molar-refractivity contribution in [1.82, 2.24) is 10.2 Å². The first-order valence-corrected chi connectivity index (χ1v) is 11.8. The number of hydrogen-bond donors (Lipinski definition) is 1. The topological polar surface area (TPSA) is 45.5 Å². The first-order chi connectivity index (χ1) is 14.7. The highest BCUT2D eigenvalue weighted by Crippen LogP contribution is 2.35. The standard InChI is InChI=1S/C26H36N2O2/c1-2-3-8-26(29)27-22-11-9-20(10-12-22)13-16-28-17-14-21(15-18-28)24-19-30-25-7-5-4-6-23(24)25/h2-7,19-22H,8-18H2,1H3,(H,27,29)/b3-2+. The van der Waals surface area contributed by atoms with Crippen molar-refractivity contribution in [3.63, 3.8) is 0 Å². The summed E-state index contributed by atoms with van der Waals surface area (Å²) in [6, 6.07) is 8.80. The van der Waals surface area contributed by atoms with Gasteiger partial charge in [0.1, 0.15) is 5.58 Å². The Morgan fingerprint density at radius 3 is 2.67 bits per heavy atom. The van der Waals surface area contributed by atoms with Crippen LogP contribution in [0.15, 0.2) is 47.1 Å². The molecule has 0 atom stereocenters. The maximum absolute atomic E-state index is 11.9. The predicted molar refractivity (Wildman–Crippen MR) is 123 cm³/mol. The fourth-order valence-electron chi connectivity index (χ4n) is 5.25. The zero-order chi connectivity index (χ0) is 20.8. The SMILES string of the molecule is C/C=C/CC(=O)NC1CCC(CCN2CCC(c3coc4ccccc34)CC2)CC1. The van der Waals surface area contributed by atoms with Gasteiger partial charge in [-0.15, -0.1) is 0 Å². The molecular weight excluding hydrogens is 372 g/mol. The van der Waals surface area contributed by atoms with Crippen LogP contribution in [0, 0.1) is 5.92 Å². The van der Waals surface area contributed by atoms with Crippen LogP contribution in [0.25, 0.3) is 11.0 Å². The summed E-state index contributed by atoms with van der Waals surface area (Å²) in [4.78, 5) is 14.5. The van der Waals surface area contributed by atoms with Gasteiger partial charge in [-0.25, -0.2) is 0 Å². The van der Waals surface area contributed by atoms with Gasteiger partial charge in [-0.1, -0.05) is 30.4 Å². The van der Waals surface area contributed by atoms with Crippen LogP contribution in [-0.2, 0) is 4.79 Å². The molecule has 4 nitrogen and oxygen atoms in total. The lowest BCUT2D eigenvalue weighted by Gasteiger charge is -2.34. The second kappa shape index (κ2) is 10.3. The summed E-state index contributed by atoms with van der Waals surface area (Å²) in [5.41, 5.74) is 2.42. The molecule has 1 aliphatic carbocycles. The molecule has 2 aliphatic rings. The number of para-hydroxylation sites is 1. The highest BCUT2D eigenvalue weighted by Gasteiger charge is 2.26. The van der Waals surface area contributed by atoms with Crippen LogP contribution in [0.1, 0.15) is 69.8 Å². The van der Waals surface area contributed by atoms with Gasteiger partial charge in [0.15, 0.2) is 0 Å². The van der Waals surface area contributed by atoms with Crippen LogP contribution in [0.2, 0.25) is 0 Å². The van der Waals surface area contributed by atoms with Gasteiger partial charge in [-0.05, 0) is 89.4 Å². The molecule has 2 aromatic rings. The first-order valence-electron chi connectivity index (χ1n) is 11.8. The third kappa shape index (κ3) is 5.34. The van der Waals surface area contributed by atoms with Crippen molar-refractivity contribution < 1.29 is 9.21 Å². The molecule has 0 radical (unpaired) electrons. The molecule has 0 spiro atoms. The fourth-order valence-corrected chi connectivity index (χ4v) is 5.25. The van der Waals surface area contributed by atoms with Crippen molar-refractivity contribution in [3.8, 4) is 0 Å². The van der Waals surface area contributed by atoms with E-state index in [1.165, 1.54) is 62.7 Å². The van der Waals surface area contributed by atoms with E-state index in [0.717, 1.165) is 24.3 Å². The molecule has 1 N–H and O–H groups in total. The predicted octanol–water partition coefficient (Wildman–Crippen LogP) is 5.64. The Hall–Kier alpha value is -2.07. The Kier molecular flexibility index (Phi) is 7.27. The number of furan rings is 1. The minimum Gasteiger partial charge on any atom is -0.464 e. The lowest BCUT2D eigenvalue weighted by Crippen LogP contribution is -2.38. The van der Waals surface area contributed by atoms with Crippen LogP contribution in [0.5, 0.6) is 0 Å². The summed E-state index contributed by atoms with van der Waals surface area (Å²) < 4.78 is 5.76. The van der Waals surface area contributed by atoms with Gasteiger partial charge in [0.25, 0.3) is 0 Å². The molecular formula is C26H36N2O2. The van der Waals surface area contributed by atoms with Crippen molar-refractivity contribution in [2.45, 2.75) is 70.3 Å². The Balaban J connectivity index is 1.16. The Morgan fingerprint density at radius 1 is 1.13 bits per heavy atom. The van der Waals surface area contributed by atoms with Gasteiger partial charge in [0, 0.05) is 23.4 Å².